The molecule has 0 heterocycles. The molecule has 3 nitrogen and oxygen atoms in total. The zero-order valence-corrected chi connectivity index (χ0v) is 12.8. The normalized spacial score (nSPS) is 17.6. The molecule has 2 aromatic rings. The number of benzene rings is 2. The Kier molecular flexibility index (Phi) is 4.81. The highest BCUT2D eigenvalue weighted by atomic mass is 19.1. The molecule has 0 radical (unpaired) electrons. The first-order chi connectivity index (χ1) is 11.2. The van der Waals surface area contributed by atoms with Gasteiger partial charge in [-0.25, -0.2) is 9.82 Å². The second-order valence-corrected chi connectivity index (χ2v) is 5.81. The van der Waals surface area contributed by atoms with Crippen molar-refractivity contribution in [1.82, 2.24) is 5.43 Å². The summed E-state index contributed by atoms with van der Waals surface area (Å²) in [5, 5.41) is 4.21. The van der Waals surface area contributed by atoms with E-state index in [1.54, 1.807) is 6.07 Å². The number of carbonyl (C=O) groups excluding carboxylic acids is 1. The summed E-state index contributed by atoms with van der Waals surface area (Å²) in [6.45, 7) is 0. The van der Waals surface area contributed by atoms with Crippen LogP contribution in [0, 0.1) is 5.82 Å². The first-order valence-corrected chi connectivity index (χ1v) is 7.88. The Hall–Kier alpha value is -2.49. The van der Waals surface area contributed by atoms with Gasteiger partial charge in [0.2, 0.25) is 0 Å². The number of hydrogen-bond donors (Lipinski definition) is 1. The van der Waals surface area contributed by atoms with Crippen LogP contribution in [0.5, 0.6) is 0 Å². The van der Waals surface area contributed by atoms with Gasteiger partial charge < -0.3 is 0 Å². The van der Waals surface area contributed by atoms with Gasteiger partial charge in [-0.2, -0.15) is 5.10 Å². The molecular weight excluding hydrogens is 291 g/mol. The third-order valence-corrected chi connectivity index (χ3v) is 4.24. The predicted molar refractivity (Wildman–Crippen MR) is 89.0 cm³/mol. The molecule has 0 aromatic heterocycles. The van der Waals surface area contributed by atoms with Crippen molar-refractivity contribution in [2.75, 3.05) is 0 Å². The van der Waals surface area contributed by atoms with E-state index in [4.69, 9.17) is 0 Å². The predicted octanol–water partition coefficient (Wildman–Crippen LogP) is 4.27. The van der Waals surface area contributed by atoms with Gasteiger partial charge in [0.05, 0.1) is 0 Å². The molecule has 1 saturated carbocycles. The smallest absolute Gasteiger partial charge is 0.267 e. The van der Waals surface area contributed by atoms with Crippen LogP contribution < -0.4 is 5.43 Å². The molecule has 1 amide bonds. The van der Waals surface area contributed by atoms with E-state index in [1.807, 2.05) is 6.07 Å². The quantitative estimate of drug-likeness (QED) is 0.845. The SMILES string of the molecule is O=C(NN=C1CCC(c2ccccc2)CC1)c1cccc(F)c1. The van der Waals surface area contributed by atoms with Gasteiger partial charge in [0, 0.05) is 11.3 Å². The summed E-state index contributed by atoms with van der Waals surface area (Å²) in [7, 11) is 0. The average Bonchev–Trinajstić information content (AvgIpc) is 2.61. The standard InChI is InChI=1S/C19H19FN2O/c20-17-8-4-7-16(13-17)19(23)22-21-18-11-9-15(10-12-18)14-5-2-1-3-6-14/h1-8,13,15H,9-12H2,(H,22,23). The van der Waals surface area contributed by atoms with E-state index in [1.165, 1.54) is 23.8 Å². The molecule has 118 valence electrons. The molecule has 23 heavy (non-hydrogen) atoms. The van der Waals surface area contributed by atoms with Gasteiger partial charge >= 0.3 is 0 Å². The molecule has 0 bridgehead atoms. The van der Waals surface area contributed by atoms with E-state index in [0.29, 0.717) is 5.92 Å². The highest BCUT2D eigenvalue weighted by Gasteiger charge is 2.19. The molecule has 1 aliphatic rings. The van der Waals surface area contributed by atoms with Crippen LogP contribution in [0.15, 0.2) is 59.7 Å². The largest absolute Gasteiger partial charge is 0.271 e. The van der Waals surface area contributed by atoms with Crippen molar-refractivity contribution < 1.29 is 9.18 Å². The van der Waals surface area contributed by atoms with E-state index in [0.717, 1.165) is 31.4 Å². The minimum absolute atomic E-state index is 0.285. The van der Waals surface area contributed by atoms with Crippen molar-refractivity contribution in [2.45, 2.75) is 31.6 Å². The summed E-state index contributed by atoms with van der Waals surface area (Å²) >= 11 is 0. The second kappa shape index (κ2) is 7.18. The summed E-state index contributed by atoms with van der Waals surface area (Å²) in [5.74, 6) is -0.232. The molecule has 0 atom stereocenters. The van der Waals surface area contributed by atoms with Gasteiger partial charge in [-0.15, -0.1) is 0 Å². The topological polar surface area (TPSA) is 41.5 Å². The first-order valence-electron chi connectivity index (χ1n) is 7.88. The zero-order valence-electron chi connectivity index (χ0n) is 12.8. The van der Waals surface area contributed by atoms with Crippen molar-refractivity contribution in [2.24, 2.45) is 5.10 Å². The van der Waals surface area contributed by atoms with Crippen LogP contribution in [0.2, 0.25) is 0 Å². The van der Waals surface area contributed by atoms with Gasteiger partial charge in [0.25, 0.3) is 5.91 Å². The minimum atomic E-state index is -0.423. The lowest BCUT2D eigenvalue weighted by atomic mass is 9.83. The summed E-state index contributed by atoms with van der Waals surface area (Å²) in [5.41, 5.74) is 5.19. The maximum absolute atomic E-state index is 13.1. The van der Waals surface area contributed by atoms with Crippen LogP contribution in [0.1, 0.15) is 47.5 Å². The van der Waals surface area contributed by atoms with Crippen molar-refractivity contribution in [3.8, 4) is 0 Å². The van der Waals surface area contributed by atoms with Gasteiger partial charge in [-0.3, -0.25) is 4.79 Å². The Morgan fingerprint density at radius 3 is 2.48 bits per heavy atom. The molecule has 1 fully saturated rings. The van der Waals surface area contributed by atoms with Crippen molar-refractivity contribution in [3.63, 3.8) is 0 Å². The maximum Gasteiger partial charge on any atom is 0.271 e. The van der Waals surface area contributed by atoms with Gasteiger partial charge in [-0.1, -0.05) is 36.4 Å². The number of hydrogen-bond acceptors (Lipinski definition) is 2. The number of nitrogens with one attached hydrogen (secondary N) is 1. The summed E-state index contributed by atoms with van der Waals surface area (Å²) in [4.78, 5) is 11.9. The van der Waals surface area contributed by atoms with Crippen LogP contribution in [0.3, 0.4) is 0 Å². The number of halogens is 1. The van der Waals surface area contributed by atoms with Crippen molar-refractivity contribution in [3.05, 3.63) is 71.5 Å². The summed E-state index contributed by atoms with van der Waals surface area (Å²) < 4.78 is 13.1. The molecule has 0 spiro atoms. The fraction of sp³-hybridized carbons (Fsp3) is 0.263. The Balaban J connectivity index is 1.55. The number of amides is 1. The van der Waals surface area contributed by atoms with Gasteiger partial charge in [0.15, 0.2) is 0 Å². The van der Waals surface area contributed by atoms with Crippen LogP contribution in [0.25, 0.3) is 0 Å². The molecule has 1 N–H and O–H groups in total. The van der Waals surface area contributed by atoms with E-state index in [-0.39, 0.29) is 11.5 Å². The van der Waals surface area contributed by atoms with Crippen LogP contribution in [0.4, 0.5) is 4.39 Å². The zero-order chi connectivity index (χ0) is 16.1. The highest BCUT2D eigenvalue weighted by Crippen LogP contribution is 2.31. The molecule has 1 aliphatic carbocycles. The van der Waals surface area contributed by atoms with E-state index >= 15 is 0 Å². The molecule has 0 saturated heterocycles. The van der Waals surface area contributed by atoms with Gasteiger partial charge in [0.1, 0.15) is 5.82 Å². The number of hydrazone groups is 1. The monoisotopic (exact) mass is 310 g/mol. The maximum atomic E-state index is 13.1. The van der Waals surface area contributed by atoms with Gasteiger partial charge in [-0.05, 0) is 55.4 Å². The van der Waals surface area contributed by atoms with Crippen molar-refractivity contribution in [1.29, 1.82) is 0 Å². The number of carbonyl (C=O) groups is 1. The summed E-state index contributed by atoms with van der Waals surface area (Å²) in [6, 6.07) is 16.1. The molecule has 0 aliphatic heterocycles. The highest BCUT2D eigenvalue weighted by molar-refractivity contribution is 5.95. The number of nitrogens with zero attached hydrogens (tertiary/aromatic N) is 1. The van der Waals surface area contributed by atoms with Crippen LogP contribution >= 0.6 is 0 Å². The molecule has 2 aromatic carbocycles. The fourth-order valence-electron chi connectivity index (χ4n) is 2.95. The molecule has 3 rings (SSSR count). The third-order valence-electron chi connectivity index (χ3n) is 4.24. The molecule has 0 unspecified atom stereocenters. The number of rotatable bonds is 3. The Morgan fingerprint density at radius 1 is 1.04 bits per heavy atom. The average molecular weight is 310 g/mol. The minimum Gasteiger partial charge on any atom is -0.267 e. The Bertz CT molecular complexity index is 702. The van der Waals surface area contributed by atoms with E-state index in [2.05, 4.69) is 34.8 Å². The second-order valence-electron chi connectivity index (χ2n) is 5.81. The Labute approximate surface area is 135 Å². The van der Waals surface area contributed by atoms with E-state index in [9.17, 15) is 9.18 Å². The van der Waals surface area contributed by atoms with Crippen LogP contribution in [-0.2, 0) is 0 Å². The lowest BCUT2D eigenvalue weighted by Gasteiger charge is -2.23. The molecular formula is C19H19FN2O. The lowest BCUT2D eigenvalue weighted by molar-refractivity contribution is 0.0954. The third kappa shape index (κ3) is 4.03. The van der Waals surface area contributed by atoms with Crippen molar-refractivity contribution >= 4 is 11.6 Å². The summed E-state index contributed by atoms with van der Waals surface area (Å²) in [6.07, 6.45) is 3.84. The first kappa shape index (κ1) is 15.4. The van der Waals surface area contributed by atoms with Crippen LogP contribution in [-0.4, -0.2) is 11.6 Å². The molecule has 4 heteroatoms. The lowest BCUT2D eigenvalue weighted by Crippen LogP contribution is -2.22. The Morgan fingerprint density at radius 2 is 1.78 bits per heavy atom. The fourth-order valence-corrected chi connectivity index (χ4v) is 2.95. The van der Waals surface area contributed by atoms with E-state index < -0.39 is 5.82 Å².